The Kier molecular flexibility index (Phi) is 4.74. The number of hydrogen-bond donors (Lipinski definition) is 2. The van der Waals surface area contributed by atoms with E-state index in [4.69, 9.17) is 10.5 Å². The standard InChI is InChI=1S/C6H13IN2O2/c1-6(2,8)11-5(10)9-4-3-7/h3-4,8H2,1-2H3,(H,9,10). The van der Waals surface area contributed by atoms with E-state index in [0.717, 1.165) is 4.43 Å². The first-order valence-corrected chi connectivity index (χ1v) is 4.80. The van der Waals surface area contributed by atoms with Crippen LogP contribution in [-0.4, -0.2) is 22.8 Å². The topological polar surface area (TPSA) is 64.3 Å². The first-order chi connectivity index (χ1) is 4.95. The van der Waals surface area contributed by atoms with Crippen molar-refractivity contribution >= 4 is 28.7 Å². The summed E-state index contributed by atoms with van der Waals surface area (Å²) in [4.78, 5) is 10.8. The van der Waals surface area contributed by atoms with Crippen molar-refractivity contribution in [3.8, 4) is 0 Å². The Bertz CT molecular complexity index is 133. The van der Waals surface area contributed by atoms with Crippen LogP contribution in [0.3, 0.4) is 0 Å². The van der Waals surface area contributed by atoms with Crippen LogP contribution in [0.15, 0.2) is 0 Å². The fraction of sp³-hybridized carbons (Fsp3) is 0.833. The summed E-state index contributed by atoms with van der Waals surface area (Å²) in [6.45, 7) is 3.85. The van der Waals surface area contributed by atoms with E-state index in [2.05, 4.69) is 27.9 Å². The number of carbonyl (C=O) groups is 1. The van der Waals surface area contributed by atoms with Gasteiger partial charge in [0.2, 0.25) is 0 Å². The number of alkyl halides is 1. The number of nitrogens with two attached hydrogens (primary N) is 1. The Hall–Kier alpha value is -0.0400. The average Bonchev–Trinajstić information content (AvgIpc) is 1.79. The van der Waals surface area contributed by atoms with Crippen molar-refractivity contribution in [3.63, 3.8) is 0 Å². The lowest BCUT2D eigenvalue weighted by Crippen LogP contribution is -2.41. The molecule has 0 aliphatic heterocycles. The molecule has 0 unspecified atom stereocenters. The smallest absolute Gasteiger partial charge is 0.408 e. The van der Waals surface area contributed by atoms with Crippen molar-refractivity contribution in [3.05, 3.63) is 0 Å². The van der Waals surface area contributed by atoms with Crippen LogP contribution in [0.25, 0.3) is 0 Å². The minimum absolute atomic E-state index is 0.464. The lowest BCUT2D eigenvalue weighted by molar-refractivity contribution is 0.0443. The fourth-order valence-electron chi connectivity index (χ4n) is 0.424. The van der Waals surface area contributed by atoms with Gasteiger partial charge in [-0.15, -0.1) is 0 Å². The molecule has 0 aromatic rings. The lowest BCUT2D eigenvalue weighted by Gasteiger charge is -2.19. The third-order valence-electron chi connectivity index (χ3n) is 0.720. The zero-order chi connectivity index (χ0) is 8.91. The minimum Gasteiger partial charge on any atom is -0.429 e. The predicted molar refractivity (Wildman–Crippen MR) is 51.6 cm³/mol. The van der Waals surface area contributed by atoms with Crippen LogP contribution < -0.4 is 11.1 Å². The van der Waals surface area contributed by atoms with Crippen LogP contribution in [0, 0.1) is 0 Å². The summed E-state index contributed by atoms with van der Waals surface area (Å²) in [6, 6.07) is 0. The number of rotatable bonds is 3. The van der Waals surface area contributed by atoms with E-state index in [0.29, 0.717) is 6.54 Å². The molecule has 0 heterocycles. The van der Waals surface area contributed by atoms with Crippen LogP contribution in [0.4, 0.5) is 4.79 Å². The number of alkyl carbamates (subject to hydrolysis) is 1. The van der Waals surface area contributed by atoms with Gasteiger partial charge in [0.25, 0.3) is 0 Å². The van der Waals surface area contributed by atoms with Gasteiger partial charge in [-0.2, -0.15) is 0 Å². The molecule has 0 saturated heterocycles. The van der Waals surface area contributed by atoms with Crippen molar-refractivity contribution in [1.82, 2.24) is 5.32 Å². The molecule has 0 saturated carbocycles. The molecule has 0 bridgehead atoms. The predicted octanol–water partition coefficient (Wildman–Crippen LogP) is 0.842. The second-order valence-corrected chi connectivity index (χ2v) is 3.69. The van der Waals surface area contributed by atoms with Crippen molar-refractivity contribution in [1.29, 1.82) is 0 Å². The van der Waals surface area contributed by atoms with Crippen molar-refractivity contribution < 1.29 is 9.53 Å². The molecule has 11 heavy (non-hydrogen) atoms. The quantitative estimate of drug-likeness (QED) is 0.454. The van der Waals surface area contributed by atoms with Gasteiger partial charge in [-0.1, -0.05) is 22.6 Å². The molecule has 3 N–H and O–H groups in total. The molecule has 0 aliphatic carbocycles. The highest BCUT2D eigenvalue weighted by Gasteiger charge is 2.15. The van der Waals surface area contributed by atoms with Crippen LogP contribution in [0.1, 0.15) is 13.8 Å². The Morgan fingerprint density at radius 1 is 1.73 bits per heavy atom. The molecule has 66 valence electrons. The Balaban J connectivity index is 3.53. The number of ether oxygens (including phenoxy) is 1. The molecule has 0 aromatic heterocycles. The molecule has 0 aliphatic rings. The summed E-state index contributed by atoms with van der Waals surface area (Å²) < 4.78 is 5.62. The fourth-order valence-corrected chi connectivity index (χ4v) is 0.694. The zero-order valence-corrected chi connectivity index (χ0v) is 8.84. The second kappa shape index (κ2) is 4.76. The minimum atomic E-state index is -0.893. The highest BCUT2D eigenvalue weighted by molar-refractivity contribution is 14.1. The van der Waals surface area contributed by atoms with Crippen molar-refractivity contribution in [2.45, 2.75) is 19.6 Å². The summed E-state index contributed by atoms with van der Waals surface area (Å²) in [6.07, 6.45) is -0.464. The third-order valence-corrected chi connectivity index (χ3v) is 1.26. The molecule has 0 rings (SSSR count). The summed E-state index contributed by atoms with van der Waals surface area (Å²) in [5.41, 5.74) is 4.53. The van der Waals surface area contributed by atoms with Gasteiger partial charge in [-0.25, -0.2) is 4.79 Å². The van der Waals surface area contributed by atoms with Gasteiger partial charge in [-0.05, 0) is 13.8 Å². The van der Waals surface area contributed by atoms with Gasteiger partial charge in [0.05, 0.1) is 0 Å². The normalized spacial score (nSPS) is 10.9. The molecule has 0 radical (unpaired) electrons. The van der Waals surface area contributed by atoms with Gasteiger partial charge in [0, 0.05) is 11.0 Å². The van der Waals surface area contributed by atoms with Crippen LogP contribution >= 0.6 is 22.6 Å². The first kappa shape index (κ1) is 11.0. The van der Waals surface area contributed by atoms with Crippen LogP contribution in [0.5, 0.6) is 0 Å². The molecule has 1 amide bonds. The summed E-state index contributed by atoms with van der Waals surface area (Å²) in [5.74, 6) is 0. The van der Waals surface area contributed by atoms with Gasteiger partial charge < -0.3 is 10.1 Å². The molecule has 4 nitrogen and oxygen atoms in total. The Morgan fingerprint density at radius 2 is 2.27 bits per heavy atom. The van der Waals surface area contributed by atoms with Crippen LogP contribution in [-0.2, 0) is 4.74 Å². The van der Waals surface area contributed by atoms with E-state index in [1.54, 1.807) is 13.8 Å². The Labute approximate surface area is 80.0 Å². The number of amides is 1. The van der Waals surface area contributed by atoms with E-state index in [-0.39, 0.29) is 0 Å². The highest BCUT2D eigenvalue weighted by atomic mass is 127. The average molecular weight is 272 g/mol. The molecular weight excluding hydrogens is 259 g/mol. The molecule has 0 aromatic carbocycles. The van der Waals surface area contributed by atoms with Crippen LogP contribution in [0.2, 0.25) is 0 Å². The molecule has 5 heteroatoms. The molecule has 0 fully saturated rings. The third kappa shape index (κ3) is 7.86. The SMILES string of the molecule is CC(C)(N)OC(=O)NCCI. The first-order valence-electron chi connectivity index (χ1n) is 3.27. The van der Waals surface area contributed by atoms with E-state index in [9.17, 15) is 4.79 Å². The maximum atomic E-state index is 10.8. The number of nitrogens with one attached hydrogen (secondary N) is 1. The van der Waals surface area contributed by atoms with Gasteiger partial charge in [-0.3, -0.25) is 5.73 Å². The second-order valence-electron chi connectivity index (χ2n) is 2.61. The van der Waals surface area contributed by atoms with E-state index < -0.39 is 11.8 Å². The number of carbonyl (C=O) groups excluding carboxylic acids is 1. The number of halogens is 1. The highest BCUT2D eigenvalue weighted by Crippen LogP contribution is 1.98. The molecular formula is C6H13IN2O2. The van der Waals surface area contributed by atoms with Gasteiger partial charge >= 0.3 is 6.09 Å². The molecule has 0 spiro atoms. The zero-order valence-electron chi connectivity index (χ0n) is 6.69. The van der Waals surface area contributed by atoms with Gasteiger partial charge in [0.15, 0.2) is 5.72 Å². The summed E-state index contributed by atoms with van der Waals surface area (Å²) >= 11 is 2.16. The van der Waals surface area contributed by atoms with Crippen molar-refractivity contribution in [2.75, 3.05) is 11.0 Å². The summed E-state index contributed by atoms with van der Waals surface area (Å²) in [5, 5.41) is 2.54. The van der Waals surface area contributed by atoms with E-state index in [1.807, 2.05) is 0 Å². The maximum absolute atomic E-state index is 10.8. The monoisotopic (exact) mass is 272 g/mol. The largest absolute Gasteiger partial charge is 0.429 e. The summed E-state index contributed by atoms with van der Waals surface area (Å²) in [7, 11) is 0. The number of hydrogen-bond acceptors (Lipinski definition) is 3. The Morgan fingerprint density at radius 3 is 2.64 bits per heavy atom. The van der Waals surface area contributed by atoms with Crippen molar-refractivity contribution in [2.24, 2.45) is 5.73 Å². The lowest BCUT2D eigenvalue weighted by atomic mass is 10.3. The van der Waals surface area contributed by atoms with Gasteiger partial charge in [0.1, 0.15) is 0 Å². The van der Waals surface area contributed by atoms with E-state index >= 15 is 0 Å². The maximum Gasteiger partial charge on any atom is 0.408 e. The van der Waals surface area contributed by atoms with E-state index in [1.165, 1.54) is 0 Å². The molecule has 0 atom stereocenters.